The molecule has 0 spiro atoms. The number of para-hydroxylation sites is 1. The molecule has 3 aromatic heterocycles. The predicted molar refractivity (Wildman–Crippen MR) is 149 cm³/mol. The molecule has 3 heterocycles. The number of hydrogen-bond acceptors (Lipinski definition) is 4. The summed E-state index contributed by atoms with van der Waals surface area (Å²) in [4.78, 5) is 14.3. The highest BCUT2D eigenvalue weighted by molar-refractivity contribution is 6.06. The lowest BCUT2D eigenvalue weighted by atomic mass is 9.99. The fraction of sp³-hybridized carbons (Fsp3) is 0. The SMILES string of the molecule is Fc1ccc(-c2cc(-c3ccc4oc5ccccc5c4c3)nc(-c3ccccc3-c3cccnc3)n2)cc1. The van der Waals surface area contributed by atoms with E-state index in [1.807, 2.05) is 79.0 Å². The van der Waals surface area contributed by atoms with Gasteiger partial charge in [0.15, 0.2) is 5.82 Å². The fourth-order valence-corrected chi connectivity index (χ4v) is 4.82. The van der Waals surface area contributed by atoms with Gasteiger partial charge in [-0.3, -0.25) is 4.98 Å². The Morgan fingerprint density at radius 3 is 2.08 bits per heavy atom. The van der Waals surface area contributed by atoms with Crippen molar-refractivity contribution in [3.63, 3.8) is 0 Å². The van der Waals surface area contributed by atoms with Crippen molar-refractivity contribution in [2.45, 2.75) is 0 Å². The molecule has 0 N–H and O–H groups in total. The van der Waals surface area contributed by atoms with E-state index in [4.69, 9.17) is 14.4 Å². The molecular weight excluding hydrogens is 473 g/mol. The van der Waals surface area contributed by atoms with Crippen LogP contribution in [0, 0.1) is 5.82 Å². The first-order chi connectivity index (χ1) is 18.7. The number of pyridine rings is 1. The number of nitrogens with zero attached hydrogens (tertiary/aromatic N) is 3. The summed E-state index contributed by atoms with van der Waals surface area (Å²) in [5.41, 5.74) is 7.75. The van der Waals surface area contributed by atoms with Crippen molar-refractivity contribution in [2.75, 3.05) is 0 Å². The molecule has 0 unspecified atom stereocenters. The lowest BCUT2D eigenvalue weighted by molar-refractivity contribution is 0.628. The van der Waals surface area contributed by atoms with Crippen LogP contribution in [0.5, 0.6) is 0 Å². The largest absolute Gasteiger partial charge is 0.456 e. The number of fused-ring (bicyclic) bond motifs is 3. The van der Waals surface area contributed by atoms with Crippen LogP contribution in [-0.2, 0) is 0 Å². The molecule has 38 heavy (non-hydrogen) atoms. The van der Waals surface area contributed by atoms with Crippen molar-refractivity contribution < 1.29 is 8.81 Å². The molecule has 0 bridgehead atoms. The molecule has 7 aromatic rings. The quantitative estimate of drug-likeness (QED) is 0.246. The Kier molecular flexibility index (Phi) is 5.26. The number of hydrogen-bond donors (Lipinski definition) is 0. The van der Waals surface area contributed by atoms with Gasteiger partial charge in [-0.25, -0.2) is 14.4 Å². The van der Waals surface area contributed by atoms with E-state index in [0.29, 0.717) is 11.5 Å². The van der Waals surface area contributed by atoms with Crippen molar-refractivity contribution in [1.82, 2.24) is 15.0 Å². The Morgan fingerprint density at radius 2 is 1.26 bits per heavy atom. The minimum atomic E-state index is -0.289. The van der Waals surface area contributed by atoms with Gasteiger partial charge in [0.2, 0.25) is 0 Å². The van der Waals surface area contributed by atoms with E-state index in [9.17, 15) is 4.39 Å². The number of rotatable bonds is 4. The molecule has 0 saturated heterocycles. The van der Waals surface area contributed by atoms with E-state index in [0.717, 1.165) is 55.4 Å². The number of halogens is 1. The minimum Gasteiger partial charge on any atom is -0.456 e. The molecule has 0 radical (unpaired) electrons. The molecule has 0 amide bonds. The Balaban J connectivity index is 1.46. The Labute approximate surface area is 218 Å². The summed E-state index contributed by atoms with van der Waals surface area (Å²) in [7, 11) is 0. The van der Waals surface area contributed by atoms with Crippen LogP contribution in [0.2, 0.25) is 0 Å². The second kappa shape index (κ2) is 9.05. The van der Waals surface area contributed by atoms with Crippen molar-refractivity contribution in [3.8, 4) is 45.0 Å². The standard InChI is InChI=1S/C33H20FN3O/c34-24-14-11-21(12-15-24)29-19-30(22-13-16-32-28(18-22)26-8-3-4-10-31(26)38-32)37-33(36-29)27-9-2-1-7-25(27)23-6-5-17-35-20-23/h1-20H. The van der Waals surface area contributed by atoms with E-state index in [2.05, 4.69) is 17.1 Å². The molecule has 0 fully saturated rings. The summed E-state index contributed by atoms with van der Waals surface area (Å²) in [6.07, 6.45) is 3.59. The van der Waals surface area contributed by atoms with Crippen LogP contribution in [0.1, 0.15) is 0 Å². The van der Waals surface area contributed by atoms with Crippen molar-refractivity contribution in [1.29, 1.82) is 0 Å². The van der Waals surface area contributed by atoms with Crippen LogP contribution in [0.15, 0.2) is 126 Å². The number of aromatic nitrogens is 3. The second-order valence-corrected chi connectivity index (χ2v) is 9.07. The molecule has 0 aliphatic carbocycles. The van der Waals surface area contributed by atoms with Gasteiger partial charge in [-0.05, 0) is 66.2 Å². The zero-order valence-electron chi connectivity index (χ0n) is 20.2. The third-order valence-electron chi connectivity index (χ3n) is 6.68. The monoisotopic (exact) mass is 493 g/mol. The summed E-state index contributed by atoms with van der Waals surface area (Å²) in [6, 6.07) is 34.4. The van der Waals surface area contributed by atoms with Gasteiger partial charge in [-0.1, -0.05) is 48.5 Å². The maximum atomic E-state index is 13.7. The summed E-state index contributed by atoms with van der Waals surface area (Å²) in [6.45, 7) is 0. The smallest absolute Gasteiger partial charge is 0.161 e. The summed E-state index contributed by atoms with van der Waals surface area (Å²) in [5.74, 6) is 0.292. The van der Waals surface area contributed by atoms with Crippen LogP contribution < -0.4 is 0 Å². The van der Waals surface area contributed by atoms with Crippen molar-refractivity contribution in [3.05, 3.63) is 127 Å². The third-order valence-corrected chi connectivity index (χ3v) is 6.68. The molecule has 0 saturated carbocycles. The van der Waals surface area contributed by atoms with Crippen LogP contribution in [-0.4, -0.2) is 15.0 Å². The number of benzene rings is 4. The molecule has 4 nitrogen and oxygen atoms in total. The summed E-state index contributed by atoms with van der Waals surface area (Å²) in [5, 5.41) is 2.08. The second-order valence-electron chi connectivity index (χ2n) is 9.07. The van der Waals surface area contributed by atoms with E-state index < -0.39 is 0 Å². The molecule has 7 rings (SSSR count). The lowest BCUT2D eigenvalue weighted by Gasteiger charge is -2.12. The molecule has 0 aliphatic rings. The van der Waals surface area contributed by atoms with Gasteiger partial charge < -0.3 is 4.42 Å². The highest BCUT2D eigenvalue weighted by Gasteiger charge is 2.16. The first-order valence-electron chi connectivity index (χ1n) is 12.3. The van der Waals surface area contributed by atoms with E-state index in [-0.39, 0.29) is 5.82 Å². The molecule has 180 valence electrons. The van der Waals surface area contributed by atoms with Crippen LogP contribution in [0.25, 0.3) is 67.0 Å². The predicted octanol–water partition coefficient (Wildman–Crippen LogP) is 8.58. The maximum Gasteiger partial charge on any atom is 0.161 e. The zero-order valence-corrected chi connectivity index (χ0v) is 20.2. The summed E-state index contributed by atoms with van der Waals surface area (Å²) < 4.78 is 19.8. The molecule has 0 aliphatic heterocycles. The van der Waals surface area contributed by atoms with Gasteiger partial charge in [-0.15, -0.1) is 0 Å². The molecular formula is C33H20FN3O. The summed E-state index contributed by atoms with van der Waals surface area (Å²) >= 11 is 0. The molecule has 0 atom stereocenters. The molecule has 4 aromatic carbocycles. The Morgan fingerprint density at radius 1 is 0.553 bits per heavy atom. The first-order valence-corrected chi connectivity index (χ1v) is 12.3. The average molecular weight is 494 g/mol. The van der Waals surface area contributed by atoms with Gasteiger partial charge in [0.1, 0.15) is 17.0 Å². The molecule has 5 heteroatoms. The van der Waals surface area contributed by atoms with Crippen LogP contribution in [0.4, 0.5) is 4.39 Å². The highest BCUT2D eigenvalue weighted by Crippen LogP contribution is 2.35. The minimum absolute atomic E-state index is 0.289. The van der Waals surface area contributed by atoms with Crippen molar-refractivity contribution >= 4 is 21.9 Å². The third kappa shape index (κ3) is 3.91. The van der Waals surface area contributed by atoms with Gasteiger partial charge in [0, 0.05) is 45.4 Å². The van der Waals surface area contributed by atoms with Crippen LogP contribution in [0.3, 0.4) is 0 Å². The van der Waals surface area contributed by atoms with E-state index in [1.165, 1.54) is 12.1 Å². The van der Waals surface area contributed by atoms with Crippen LogP contribution >= 0.6 is 0 Å². The van der Waals surface area contributed by atoms with Gasteiger partial charge in [0.05, 0.1) is 11.4 Å². The van der Waals surface area contributed by atoms with E-state index in [1.54, 1.807) is 18.3 Å². The zero-order chi connectivity index (χ0) is 25.5. The highest BCUT2D eigenvalue weighted by atomic mass is 19.1. The average Bonchev–Trinajstić information content (AvgIpc) is 3.36. The normalized spacial score (nSPS) is 11.3. The Hall–Kier alpha value is -5.16. The fourth-order valence-electron chi connectivity index (χ4n) is 4.82. The van der Waals surface area contributed by atoms with Crippen molar-refractivity contribution in [2.24, 2.45) is 0 Å². The van der Waals surface area contributed by atoms with Gasteiger partial charge in [-0.2, -0.15) is 0 Å². The maximum absolute atomic E-state index is 13.7. The Bertz CT molecular complexity index is 1930. The van der Waals surface area contributed by atoms with Gasteiger partial charge >= 0.3 is 0 Å². The topological polar surface area (TPSA) is 51.8 Å². The number of furan rings is 1. The van der Waals surface area contributed by atoms with E-state index >= 15 is 0 Å². The van der Waals surface area contributed by atoms with Gasteiger partial charge in [0.25, 0.3) is 0 Å². The lowest BCUT2D eigenvalue weighted by Crippen LogP contribution is -1.97. The first kappa shape index (κ1) is 22.1.